The van der Waals surface area contributed by atoms with Gasteiger partial charge in [0.2, 0.25) is 0 Å². The van der Waals surface area contributed by atoms with Gasteiger partial charge in [-0.05, 0) is 120 Å². The molecule has 10 heteroatoms. The van der Waals surface area contributed by atoms with Gasteiger partial charge in [0, 0.05) is 18.2 Å². The molecular formula is C34H50F4N2O4. The largest absolute Gasteiger partial charge is 0.444 e. The Hall–Kier alpha value is -2.69. The van der Waals surface area contributed by atoms with Gasteiger partial charge in [0.05, 0.1) is 19.3 Å². The Morgan fingerprint density at radius 2 is 1.39 bits per heavy atom. The van der Waals surface area contributed by atoms with Gasteiger partial charge in [0.15, 0.2) is 0 Å². The lowest BCUT2D eigenvalue weighted by atomic mass is 9.90. The summed E-state index contributed by atoms with van der Waals surface area (Å²) in [7, 11) is 0. The van der Waals surface area contributed by atoms with Crippen molar-refractivity contribution < 1.29 is 36.9 Å². The number of carbonyl (C=O) groups is 1. The van der Waals surface area contributed by atoms with Crippen LogP contribution in [0.25, 0.3) is 0 Å². The fraction of sp³-hybridized carbons (Fsp3) is 0.618. The molecular weight excluding hydrogens is 576 g/mol. The highest BCUT2D eigenvalue weighted by Crippen LogP contribution is 2.34. The molecule has 1 amide bonds. The van der Waals surface area contributed by atoms with Crippen molar-refractivity contribution in [3.05, 3.63) is 70.8 Å². The van der Waals surface area contributed by atoms with E-state index < -0.39 is 40.7 Å². The first kappa shape index (κ1) is 37.5. The standard InChI is InChI=1S/C21H31F2NO3.C13H19F2NO/c1-7-14(15-10-16(22)12-17(23)11-15)8-9-18-13-26-21(5,6)24(18)19(25)27-20(2,3)4;1-2-9(3-4-13(16)8-17)10-5-11(14)7-12(15)6-10/h10-12,14,18H,7-9,13H2,1-6H3;5-7,9,13,17H,2-4,8,16H2,1H3/t14?,18-;9?,13-/m00/s1. The van der Waals surface area contributed by atoms with E-state index >= 15 is 0 Å². The number of hydrogen-bond donors (Lipinski definition) is 2. The fourth-order valence-electron chi connectivity index (χ4n) is 5.51. The summed E-state index contributed by atoms with van der Waals surface area (Å²) in [6.07, 6.45) is 3.88. The van der Waals surface area contributed by atoms with Gasteiger partial charge in [-0.3, -0.25) is 4.90 Å². The molecule has 3 rings (SSSR count). The molecule has 1 aliphatic heterocycles. The maximum absolute atomic E-state index is 13.6. The number of halogens is 4. The van der Waals surface area contributed by atoms with Crippen molar-refractivity contribution in [2.24, 2.45) is 5.73 Å². The smallest absolute Gasteiger partial charge is 0.412 e. The Morgan fingerprint density at radius 1 is 0.932 bits per heavy atom. The number of ether oxygens (including phenoxy) is 2. The van der Waals surface area contributed by atoms with Crippen LogP contribution in [0, 0.1) is 23.3 Å². The summed E-state index contributed by atoms with van der Waals surface area (Å²) in [6.45, 7) is 13.5. The van der Waals surface area contributed by atoms with E-state index in [9.17, 15) is 22.4 Å². The van der Waals surface area contributed by atoms with Crippen molar-refractivity contribution in [2.45, 2.75) is 122 Å². The molecule has 44 heavy (non-hydrogen) atoms. The summed E-state index contributed by atoms with van der Waals surface area (Å²) < 4.78 is 64.7. The number of rotatable bonds is 11. The fourth-order valence-corrected chi connectivity index (χ4v) is 5.51. The summed E-state index contributed by atoms with van der Waals surface area (Å²) >= 11 is 0. The lowest BCUT2D eigenvalue weighted by Gasteiger charge is -2.35. The summed E-state index contributed by atoms with van der Waals surface area (Å²) in [4.78, 5) is 14.3. The molecule has 248 valence electrons. The number of carbonyl (C=O) groups excluding carboxylic acids is 1. The molecule has 1 fully saturated rings. The molecule has 4 atom stereocenters. The monoisotopic (exact) mass is 626 g/mol. The Bertz CT molecular complexity index is 1160. The Labute approximate surface area is 259 Å². The normalized spacial score (nSPS) is 18.3. The van der Waals surface area contributed by atoms with Crippen molar-refractivity contribution in [3.8, 4) is 0 Å². The molecule has 6 nitrogen and oxygen atoms in total. The van der Waals surface area contributed by atoms with Crippen LogP contribution in [0.3, 0.4) is 0 Å². The van der Waals surface area contributed by atoms with Crippen molar-refractivity contribution in [3.63, 3.8) is 0 Å². The van der Waals surface area contributed by atoms with Crippen molar-refractivity contribution >= 4 is 6.09 Å². The number of hydrogen-bond acceptors (Lipinski definition) is 5. The van der Waals surface area contributed by atoms with Crippen molar-refractivity contribution in [1.29, 1.82) is 0 Å². The maximum Gasteiger partial charge on any atom is 0.412 e. The van der Waals surface area contributed by atoms with E-state index in [1.54, 1.807) is 4.90 Å². The topological polar surface area (TPSA) is 85.0 Å². The Kier molecular flexibility index (Phi) is 14.1. The van der Waals surface area contributed by atoms with Crippen LogP contribution in [0.4, 0.5) is 22.4 Å². The molecule has 3 N–H and O–H groups in total. The molecule has 2 aromatic carbocycles. The molecule has 1 heterocycles. The second kappa shape index (κ2) is 16.6. The number of benzene rings is 2. The average Bonchev–Trinajstić information content (AvgIpc) is 3.21. The molecule has 0 saturated carbocycles. The van der Waals surface area contributed by atoms with Gasteiger partial charge in [0.25, 0.3) is 0 Å². The quantitative estimate of drug-likeness (QED) is 0.246. The number of aliphatic hydroxyl groups is 1. The Balaban J connectivity index is 0.000000342. The maximum atomic E-state index is 13.6. The van der Waals surface area contributed by atoms with Crippen LogP contribution in [0.1, 0.15) is 110 Å². The number of nitrogens with zero attached hydrogens (tertiary/aromatic N) is 1. The van der Waals surface area contributed by atoms with Gasteiger partial charge in [0.1, 0.15) is 34.6 Å². The minimum atomic E-state index is -0.750. The minimum absolute atomic E-state index is 0.0133. The van der Waals surface area contributed by atoms with Gasteiger partial charge >= 0.3 is 6.09 Å². The highest BCUT2D eigenvalue weighted by atomic mass is 19.1. The van der Waals surface area contributed by atoms with Gasteiger partial charge in [-0.1, -0.05) is 13.8 Å². The number of aliphatic hydroxyl groups excluding tert-OH is 1. The second-order valence-electron chi connectivity index (χ2n) is 13.0. The van der Waals surface area contributed by atoms with Crippen LogP contribution in [-0.2, 0) is 9.47 Å². The van der Waals surface area contributed by atoms with Gasteiger partial charge < -0.3 is 20.3 Å². The zero-order valence-corrected chi connectivity index (χ0v) is 27.1. The first-order valence-electron chi connectivity index (χ1n) is 15.4. The third-order valence-corrected chi connectivity index (χ3v) is 7.83. The van der Waals surface area contributed by atoms with E-state index in [1.165, 1.54) is 24.3 Å². The highest BCUT2D eigenvalue weighted by molar-refractivity contribution is 5.69. The van der Waals surface area contributed by atoms with Crippen LogP contribution >= 0.6 is 0 Å². The lowest BCUT2D eigenvalue weighted by Crippen LogP contribution is -2.49. The summed E-state index contributed by atoms with van der Waals surface area (Å²) in [5.41, 5.74) is 5.59. The predicted molar refractivity (Wildman–Crippen MR) is 164 cm³/mol. The molecule has 0 spiro atoms. The van der Waals surface area contributed by atoms with E-state index in [-0.39, 0.29) is 30.5 Å². The molecule has 1 saturated heterocycles. The van der Waals surface area contributed by atoms with Crippen LogP contribution in [0.5, 0.6) is 0 Å². The molecule has 0 aliphatic carbocycles. The van der Waals surface area contributed by atoms with Gasteiger partial charge in [-0.15, -0.1) is 0 Å². The summed E-state index contributed by atoms with van der Waals surface area (Å²) in [5, 5.41) is 8.83. The van der Waals surface area contributed by atoms with Crippen LogP contribution < -0.4 is 5.73 Å². The molecule has 2 unspecified atom stereocenters. The van der Waals surface area contributed by atoms with E-state index in [4.69, 9.17) is 20.3 Å². The van der Waals surface area contributed by atoms with Crippen LogP contribution in [0.15, 0.2) is 36.4 Å². The molecule has 0 aromatic heterocycles. The zero-order valence-electron chi connectivity index (χ0n) is 27.1. The summed E-state index contributed by atoms with van der Waals surface area (Å²) in [5.74, 6) is -2.14. The molecule has 2 aromatic rings. The molecule has 0 radical (unpaired) electrons. The third kappa shape index (κ3) is 11.7. The van der Waals surface area contributed by atoms with Crippen molar-refractivity contribution in [2.75, 3.05) is 13.2 Å². The minimum Gasteiger partial charge on any atom is -0.444 e. The molecule has 1 aliphatic rings. The third-order valence-electron chi connectivity index (χ3n) is 7.83. The van der Waals surface area contributed by atoms with Crippen LogP contribution in [-0.4, -0.2) is 52.7 Å². The van der Waals surface area contributed by atoms with Crippen LogP contribution in [0.2, 0.25) is 0 Å². The SMILES string of the molecule is CCC(CC[C@H](N)CO)c1cc(F)cc(F)c1.CCC(CC[C@H]1COC(C)(C)N1C(=O)OC(C)(C)C)c1cc(F)cc(F)c1. The molecule has 0 bridgehead atoms. The van der Waals surface area contributed by atoms with Gasteiger partial charge in [-0.2, -0.15) is 0 Å². The number of amides is 1. The van der Waals surface area contributed by atoms with Gasteiger partial charge in [-0.25, -0.2) is 22.4 Å². The van der Waals surface area contributed by atoms with E-state index in [0.29, 0.717) is 37.0 Å². The predicted octanol–water partition coefficient (Wildman–Crippen LogP) is 8.17. The van der Waals surface area contributed by atoms with E-state index in [0.717, 1.165) is 31.4 Å². The van der Waals surface area contributed by atoms with Crippen molar-refractivity contribution in [1.82, 2.24) is 4.90 Å². The number of nitrogens with two attached hydrogens (primary N) is 1. The summed E-state index contributed by atoms with van der Waals surface area (Å²) in [6, 6.07) is 6.85. The van der Waals surface area contributed by atoms with E-state index in [2.05, 4.69) is 0 Å². The lowest BCUT2D eigenvalue weighted by molar-refractivity contribution is -0.0627. The van der Waals surface area contributed by atoms with E-state index in [1.807, 2.05) is 48.5 Å². The first-order valence-corrected chi connectivity index (χ1v) is 15.4. The zero-order chi connectivity index (χ0) is 33.2. The average molecular weight is 627 g/mol. The first-order chi connectivity index (χ1) is 20.5. The highest BCUT2D eigenvalue weighted by Gasteiger charge is 2.45. The Morgan fingerprint density at radius 3 is 1.80 bits per heavy atom. The second-order valence-corrected chi connectivity index (χ2v) is 13.0.